The lowest BCUT2D eigenvalue weighted by Crippen LogP contribution is -2.47. The Morgan fingerprint density at radius 1 is 1.24 bits per heavy atom. The number of nitrogens with zero attached hydrogens (tertiary/aromatic N) is 2. The molecule has 1 saturated heterocycles. The summed E-state index contributed by atoms with van der Waals surface area (Å²) in [6.45, 7) is 0.00597. The summed E-state index contributed by atoms with van der Waals surface area (Å²) in [5.74, 6) is -3.28. The van der Waals surface area contributed by atoms with Gasteiger partial charge in [-0.25, -0.2) is 0 Å². The number of fused-ring (bicyclic) bond motifs is 2. The molecule has 2 amide bonds. The lowest BCUT2D eigenvalue weighted by molar-refractivity contribution is -0.190. The number of allylic oxidation sites excluding steroid dienone is 1. The van der Waals surface area contributed by atoms with E-state index < -0.39 is 47.5 Å². The Bertz CT molecular complexity index is 1390. The molecule has 2 aromatic rings. The predicted molar refractivity (Wildman–Crippen MR) is 125 cm³/mol. The van der Waals surface area contributed by atoms with Crippen LogP contribution in [0.4, 0.5) is 13.2 Å². The molecule has 198 valence electrons. The molecule has 3 aliphatic heterocycles. The summed E-state index contributed by atoms with van der Waals surface area (Å²) in [5, 5.41) is 10.8. The minimum Gasteiger partial charge on any atom is -0.504 e. The van der Waals surface area contributed by atoms with Gasteiger partial charge in [-0.3, -0.25) is 19.3 Å². The van der Waals surface area contributed by atoms with Crippen LogP contribution in [0.3, 0.4) is 0 Å². The molecule has 0 radical (unpaired) electrons. The first-order chi connectivity index (χ1) is 18.1. The number of amides is 2. The van der Waals surface area contributed by atoms with E-state index in [0.717, 1.165) is 0 Å². The van der Waals surface area contributed by atoms with E-state index in [1.165, 1.54) is 24.2 Å². The predicted octanol–water partition coefficient (Wildman–Crippen LogP) is 3.18. The van der Waals surface area contributed by atoms with Gasteiger partial charge in [0.05, 0.1) is 12.5 Å². The second-order valence-electron chi connectivity index (χ2n) is 9.94. The number of methoxy groups -OCH3 is 1. The number of phenolic OH excluding ortho intramolecular Hbond substituents is 1. The highest BCUT2D eigenvalue weighted by atomic mass is 19.4. The van der Waals surface area contributed by atoms with E-state index in [2.05, 4.69) is 0 Å². The van der Waals surface area contributed by atoms with Crippen LogP contribution in [0.15, 0.2) is 48.6 Å². The molecule has 0 unspecified atom stereocenters. The van der Waals surface area contributed by atoms with Crippen molar-refractivity contribution in [2.75, 3.05) is 13.7 Å². The maximum atomic E-state index is 14.0. The van der Waals surface area contributed by atoms with Crippen molar-refractivity contribution in [1.82, 2.24) is 9.80 Å². The zero-order valence-corrected chi connectivity index (χ0v) is 20.2. The van der Waals surface area contributed by atoms with E-state index in [1.807, 2.05) is 0 Å². The Labute approximate surface area is 215 Å². The van der Waals surface area contributed by atoms with Crippen LogP contribution in [0.1, 0.15) is 35.7 Å². The standard InChI is InChI=1S/C27H23F3N2O6/c1-37-21-18(34)13-16-20-22(21)38-19-12-15(33)7-8-26(19,20)9-10-31-23(16)32(25(36)27(28,29)30)17(24(31)35)11-14-5-3-2-4-6-14/h2-8,13,17,19,23,34H,9-12H2,1H3/t17-,19+,23-,26+/m1/s1. The number of hydrogen-bond donors (Lipinski definition) is 1. The zero-order valence-electron chi connectivity index (χ0n) is 20.2. The van der Waals surface area contributed by atoms with Gasteiger partial charge >= 0.3 is 12.1 Å². The monoisotopic (exact) mass is 528 g/mol. The molecule has 4 aliphatic rings. The molecule has 1 N–H and O–H groups in total. The zero-order chi connectivity index (χ0) is 27.0. The smallest absolute Gasteiger partial charge is 0.471 e. The lowest BCUT2D eigenvalue weighted by atomic mass is 9.69. The Hall–Kier alpha value is -4.02. The van der Waals surface area contributed by atoms with Crippen LogP contribution in [0, 0.1) is 0 Å². The molecular weight excluding hydrogens is 505 g/mol. The minimum atomic E-state index is -5.25. The van der Waals surface area contributed by atoms with E-state index in [1.54, 1.807) is 36.4 Å². The topological polar surface area (TPSA) is 96.4 Å². The molecule has 1 spiro atoms. The Kier molecular flexibility index (Phi) is 5.27. The molecule has 2 aromatic carbocycles. The normalized spacial score (nSPS) is 27.4. The summed E-state index contributed by atoms with van der Waals surface area (Å²) in [6.07, 6.45) is -4.18. The first-order valence-electron chi connectivity index (χ1n) is 12.1. The number of halogens is 3. The van der Waals surface area contributed by atoms with Crippen LogP contribution >= 0.6 is 0 Å². The number of ketones is 1. The second kappa shape index (κ2) is 8.24. The number of benzene rings is 2. The Morgan fingerprint density at radius 2 is 1.97 bits per heavy atom. The van der Waals surface area contributed by atoms with E-state index in [0.29, 0.717) is 16.0 Å². The van der Waals surface area contributed by atoms with E-state index >= 15 is 0 Å². The van der Waals surface area contributed by atoms with Gasteiger partial charge in [-0.05, 0) is 24.1 Å². The molecular formula is C27H23F3N2O6. The average Bonchev–Trinajstić information content (AvgIpc) is 3.28. The van der Waals surface area contributed by atoms with Crippen molar-refractivity contribution in [1.29, 1.82) is 0 Å². The molecule has 38 heavy (non-hydrogen) atoms. The number of aromatic hydroxyl groups is 1. The molecule has 1 fully saturated rings. The Balaban J connectivity index is 1.58. The number of hydrogen-bond acceptors (Lipinski definition) is 6. The molecule has 0 saturated carbocycles. The van der Waals surface area contributed by atoms with Crippen molar-refractivity contribution < 1.29 is 42.1 Å². The summed E-state index contributed by atoms with van der Waals surface area (Å²) in [4.78, 5) is 40.8. The highest BCUT2D eigenvalue weighted by Crippen LogP contribution is 2.60. The molecule has 11 heteroatoms. The van der Waals surface area contributed by atoms with Crippen LogP contribution in [0.25, 0.3) is 0 Å². The second-order valence-corrected chi connectivity index (χ2v) is 9.94. The van der Waals surface area contributed by atoms with Crippen molar-refractivity contribution in [2.45, 2.75) is 49.2 Å². The van der Waals surface area contributed by atoms with Gasteiger partial charge in [0.1, 0.15) is 18.3 Å². The molecule has 1 aliphatic carbocycles. The maximum Gasteiger partial charge on any atom is 0.471 e. The van der Waals surface area contributed by atoms with Gasteiger partial charge in [0.25, 0.3) is 0 Å². The Morgan fingerprint density at radius 3 is 2.66 bits per heavy atom. The fourth-order valence-corrected chi connectivity index (χ4v) is 6.35. The van der Waals surface area contributed by atoms with Crippen LogP contribution < -0.4 is 9.47 Å². The van der Waals surface area contributed by atoms with Crippen molar-refractivity contribution in [3.63, 3.8) is 0 Å². The summed E-state index contributed by atoms with van der Waals surface area (Å²) in [6, 6.07) is 8.35. The third kappa shape index (κ3) is 3.33. The number of alkyl halides is 3. The van der Waals surface area contributed by atoms with E-state index in [9.17, 15) is 32.7 Å². The van der Waals surface area contributed by atoms with Gasteiger partial charge in [-0.2, -0.15) is 13.2 Å². The summed E-state index contributed by atoms with van der Waals surface area (Å²) in [7, 11) is 1.31. The third-order valence-electron chi connectivity index (χ3n) is 7.96. The van der Waals surface area contributed by atoms with E-state index in [4.69, 9.17) is 9.47 Å². The van der Waals surface area contributed by atoms with Crippen LogP contribution in [0.2, 0.25) is 0 Å². The van der Waals surface area contributed by atoms with Crippen molar-refractivity contribution in [3.05, 3.63) is 65.2 Å². The molecule has 0 bridgehead atoms. The first-order valence-corrected chi connectivity index (χ1v) is 12.1. The van der Waals surface area contributed by atoms with Gasteiger partial charge in [0.15, 0.2) is 17.3 Å². The first kappa shape index (κ1) is 24.3. The fraction of sp³-hybridized carbons (Fsp3) is 0.370. The quantitative estimate of drug-likeness (QED) is 0.658. The van der Waals surface area contributed by atoms with Gasteiger partial charge in [0.2, 0.25) is 11.7 Å². The van der Waals surface area contributed by atoms with Crippen LogP contribution in [-0.4, -0.2) is 64.5 Å². The molecule has 0 aromatic heterocycles. The fourth-order valence-electron chi connectivity index (χ4n) is 6.35. The summed E-state index contributed by atoms with van der Waals surface area (Å²) >= 11 is 0. The minimum absolute atomic E-state index is 0.00597. The van der Waals surface area contributed by atoms with Crippen LogP contribution in [-0.2, 0) is 26.2 Å². The maximum absolute atomic E-state index is 14.0. The molecule has 8 nitrogen and oxygen atoms in total. The number of ether oxygens (including phenoxy) is 2. The average molecular weight is 528 g/mol. The number of carbonyl (C=O) groups is 3. The lowest BCUT2D eigenvalue weighted by Gasteiger charge is -2.34. The van der Waals surface area contributed by atoms with Crippen molar-refractivity contribution >= 4 is 17.6 Å². The highest BCUT2D eigenvalue weighted by Gasteiger charge is 2.61. The number of rotatable bonds is 3. The number of carbonyl (C=O) groups excluding carboxylic acids is 3. The molecule has 4 atom stereocenters. The van der Waals surface area contributed by atoms with Gasteiger partial charge < -0.3 is 19.5 Å². The van der Waals surface area contributed by atoms with Crippen molar-refractivity contribution in [3.8, 4) is 17.2 Å². The van der Waals surface area contributed by atoms with Gasteiger partial charge in [0, 0.05) is 30.5 Å². The molecule has 6 rings (SSSR count). The van der Waals surface area contributed by atoms with Crippen LogP contribution in [0.5, 0.6) is 17.2 Å². The molecule has 3 heterocycles. The summed E-state index contributed by atoms with van der Waals surface area (Å²) < 4.78 is 53.5. The van der Waals surface area contributed by atoms with Crippen molar-refractivity contribution in [2.24, 2.45) is 0 Å². The highest BCUT2D eigenvalue weighted by molar-refractivity contribution is 5.95. The van der Waals surface area contributed by atoms with E-state index in [-0.39, 0.29) is 48.7 Å². The van der Waals surface area contributed by atoms with Gasteiger partial charge in [-0.1, -0.05) is 36.4 Å². The largest absolute Gasteiger partial charge is 0.504 e. The van der Waals surface area contributed by atoms with Gasteiger partial charge in [-0.15, -0.1) is 0 Å². The summed E-state index contributed by atoms with van der Waals surface area (Å²) in [5.41, 5.74) is 0.201. The SMILES string of the molecule is COc1c(O)cc2c3c1O[C@H]1CC(=O)C=C[C@@]31CCN1C(=O)[C@@H](Cc3ccccc3)N(C(=O)C(F)(F)F)[C@H]21. The third-order valence-corrected chi connectivity index (χ3v) is 7.96. The number of phenols is 1.